The number of carboxylic acid groups (broad SMARTS) is 1. The van der Waals surface area contributed by atoms with Crippen molar-refractivity contribution in [1.82, 2.24) is 4.90 Å². The molecule has 0 bridgehead atoms. The molecule has 2 aliphatic rings. The monoisotopic (exact) mass is 369 g/mol. The van der Waals surface area contributed by atoms with Crippen LogP contribution < -0.4 is 0 Å². The Hall–Kier alpha value is -1.24. The molecular weight excluding hydrogens is 350 g/mol. The molecule has 1 aromatic carbocycles. The summed E-state index contributed by atoms with van der Waals surface area (Å²) in [4.78, 5) is 25.9. The van der Waals surface area contributed by atoms with Crippen LogP contribution in [-0.2, 0) is 20.1 Å². The van der Waals surface area contributed by atoms with Crippen LogP contribution in [-0.4, -0.2) is 53.9 Å². The number of thioether (sulfide) groups is 1. The number of hydrogen-bond donors (Lipinski definition) is 1. The number of carboxylic acids is 1. The zero-order valence-corrected chi connectivity index (χ0v) is 14.8. The third-order valence-electron chi connectivity index (χ3n) is 4.89. The number of likely N-dealkylation sites (tertiary alicyclic amines) is 1. The minimum Gasteiger partial charge on any atom is -0.481 e. The summed E-state index contributed by atoms with van der Waals surface area (Å²) >= 11 is 7.39. The highest BCUT2D eigenvalue weighted by Crippen LogP contribution is 2.42. The van der Waals surface area contributed by atoms with Crippen LogP contribution in [0.1, 0.15) is 12.0 Å². The highest BCUT2D eigenvalue weighted by molar-refractivity contribution is 7.99. The molecule has 1 amide bonds. The van der Waals surface area contributed by atoms with Crippen molar-refractivity contribution >= 4 is 35.2 Å². The zero-order chi connectivity index (χ0) is 17.2. The van der Waals surface area contributed by atoms with Gasteiger partial charge in [-0.25, -0.2) is 0 Å². The number of benzene rings is 1. The van der Waals surface area contributed by atoms with E-state index in [1.54, 1.807) is 4.90 Å². The first kappa shape index (κ1) is 17.6. The summed E-state index contributed by atoms with van der Waals surface area (Å²) in [6.45, 7) is 1.66. The molecule has 1 aromatic rings. The number of halogens is 1. The number of aliphatic carboxylic acids is 1. The van der Waals surface area contributed by atoms with Gasteiger partial charge in [-0.2, -0.15) is 0 Å². The van der Waals surface area contributed by atoms with Crippen molar-refractivity contribution in [2.75, 3.05) is 32.1 Å². The Morgan fingerprint density at radius 2 is 2.12 bits per heavy atom. The van der Waals surface area contributed by atoms with E-state index in [-0.39, 0.29) is 11.8 Å². The smallest absolute Gasteiger partial charge is 0.311 e. The SMILES string of the molecule is O=C(CSCc1ccc(Cl)cc1)N1C[C@H]2COCC[C@@]2(C(=O)O)C1. The Labute approximate surface area is 150 Å². The van der Waals surface area contributed by atoms with Gasteiger partial charge in [0.1, 0.15) is 0 Å². The second kappa shape index (κ2) is 7.33. The molecule has 0 radical (unpaired) electrons. The van der Waals surface area contributed by atoms with Crippen molar-refractivity contribution in [2.45, 2.75) is 12.2 Å². The first-order valence-electron chi connectivity index (χ1n) is 7.92. The largest absolute Gasteiger partial charge is 0.481 e. The third kappa shape index (κ3) is 3.55. The second-order valence-electron chi connectivity index (χ2n) is 6.38. The molecule has 2 heterocycles. The summed E-state index contributed by atoms with van der Waals surface area (Å²) in [6.07, 6.45) is 0.481. The maximum atomic E-state index is 12.4. The molecule has 7 heteroatoms. The molecule has 0 aromatic heterocycles. The van der Waals surface area contributed by atoms with Gasteiger partial charge in [-0.15, -0.1) is 11.8 Å². The first-order chi connectivity index (χ1) is 11.5. The van der Waals surface area contributed by atoms with Crippen molar-refractivity contribution in [3.63, 3.8) is 0 Å². The normalized spacial score (nSPS) is 26.2. The third-order valence-corrected chi connectivity index (χ3v) is 6.13. The number of rotatable bonds is 5. The predicted molar refractivity (Wildman–Crippen MR) is 93.2 cm³/mol. The van der Waals surface area contributed by atoms with E-state index in [0.29, 0.717) is 43.5 Å². The van der Waals surface area contributed by atoms with Crippen LogP contribution in [0.4, 0.5) is 0 Å². The fourth-order valence-corrected chi connectivity index (χ4v) is 4.43. The van der Waals surface area contributed by atoms with E-state index in [4.69, 9.17) is 16.3 Å². The Kier molecular flexibility index (Phi) is 5.37. The van der Waals surface area contributed by atoms with E-state index >= 15 is 0 Å². The molecule has 3 rings (SSSR count). The van der Waals surface area contributed by atoms with Crippen LogP contribution in [0, 0.1) is 11.3 Å². The van der Waals surface area contributed by atoms with E-state index in [1.807, 2.05) is 24.3 Å². The average Bonchev–Trinajstić information content (AvgIpc) is 2.98. The number of ether oxygens (including phenoxy) is 1. The van der Waals surface area contributed by atoms with Crippen LogP contribution in [0.15, 0.2) is 24.3 Å². The lowest BCUT2D eigenvalue weighted by Crippen LogP contribution is -2.45. The van der Waals surface area contributed by atoms with Crippen LogP contribution in [0.5, 0.6) is 0 Å². The zero-order valence-electron chi connectivity index (χ0n) is 13.2. The van der Waals surface area contributed by atoms with Gasteiger partial charge in [-0.05, 0) is 24.1 Å². The molecule has 130 valence electrons. The number of carbonyl (C=O) groups excluding carboxylic acids is 1. The van der Waals surface area contributed by atoms with Crippen molar-refractivity contribution in [1.29, 1.82) is 0 Å². The van der Waals surface area contributed by atoms with Gasteiger partial charge in [0.2, 0.25) is 5.91 Å². The molecule has 24 heavy (non-hydrogen) atoms. The molecule has 0 aliphatic carbocycles. The molecular formula is C17H20ClNO4S. The van der Waals surface area contributed by atoms with E-state index < -0.39 is 11.4 Å². The number of fused-ring (bicyclic) bond motifs is 1. The average molecular weight is 370 g/mol. The summed E-state index contributed by atoms with van der Waals surface area (Å²) in [7, 11) is 0. The molecule has 2 fully saturated rings. The Bertz CT molecular complexity index is 624. The van der Waals surface area contributed by atoms with Gasteiger partial charge in [-0.1, -0.05) is 23.7 Å². The topological polar surface area (TPSA) is 66.8 Å². The van der Waals surface area contributed by atoms with Crippen molar-refractivity contribution in [2.24, 2.45) is 11.3 Å². The number of hydrogen-bond acceptors (Lipinski definition) is 4. The lowest BCUT2D eigenvalue weighted by atomic mass is 9.74. The minimum absolute atomic E-state index is 0.00369. The van der Waals surface area contributed by atoms with Gasteiger partial charge in [0, 0.05) is 36.4 Å². The lowest BCUT2D eigenvalue weighted by Gasteiger charge is -2.33. The summed E-state index contributed by atoms with van der Waals surface area (Å²) in [6, 6.07) is 7.56. The Morgan fingerprint density at radius 1 is 1.38 bits per heavy atom. The van der Waals surface area contributed by atoms with Crippen molar-refractivity contribution in [3.8, 4) is 0 Å². The van der Waals surface area contributed by atoms with Gasteiger partial charge in [0.15, 0.2) is 0 Å². The van der Waals surface area contributed by atoms with Gasteiger partial charge < -0.3 is 14.7 Å². The van der Waals surface area contributed by atoms with Gasteiger partial charge >= 0.3 is 5.97 Å². The molecule has 2 atom stereocenters. The molecule has 0 unspecified atom stereocenters. The van der Waals surface area contributed by atoms with Crippen molar-refractivity contribution in [3.05, 3.63) is 34.9 Å². The molecule has 2 saturated heterocycles. The maximum absolute atomic E-state index is 12.4. The summed E-state index contributed by atoms with van der Waals surface area (Å²) < 4.78 is 5.42. The number of amides is 1. The number of carbonyl (C=O) groups is 2. The number of nitrogens with zero attached hydrogens (tertiary/aromatic N) is 1. The highest BCUT2D eigenvalue weighted by Gasteiger charge is 2.54. The van der Waals surface area contributed by atoms with Crippen LogP contribution >= 0.6 is 23.4 Å². The van der Waals surface area contributed by atoms with Crippen LogP contribution in [0.3, 0.4) is 0 Å². The Balaban J connectivity index is 1.54. The molecule has 5 nitrogen and oxygen atoms in total. The van der Waals surface area contributed by atoms with Crippen molar-refractivity contribution < 1.29 is 19.4 Å². The van der Waals surface area contributed by atoms with Crippen LogP contribution in [0.25, 0.3) is 0 Å². The Morgan fingerprint density at radius 3 is 2.79 bits per heavy atom. The fraction of sp³-hybridized carbons (Fsp3) is 0.529. The molecule has 0 saturated carbocycles. The minimum atomic E-state index is -0.825. The molecule has 0 spiro atoms. The molecule has 2 aliphatic heterocycles. The lowest BCUT2D eigenvalue weighted by molar-refractivity contribution is -0.157. The summed E-state index contributed by atoms with van der Waals surface area (Å²) in [5.41, 5.74) is 0.289. The molecule has 1 N–H and O–H groups in total. The predicted octanol–water partition coefficient (Wildman–Crippen LogP) is 2.52. The summed E-state index contributed by atoms with van der Waals surface area (Å²) in [5, 5.41) is 10.3. The quantitative estimate of drug-likeness (QED) is 0.863. The van der Waals surface area contributed by atoms with Gasteiger partial charge in [-0.3, -0.25) is 9.59 Å². The first-order valence-corrected chi connectivity index (χ1v) is 9.46. The standard InChI is InChI=1S/C17H20ClNO4S/c18-14-3-1-12(2-4-14)9-24-10-15(20)19-7-13-8-23-6-5-17(13,11-19)16(21)22/h1-4,13H,5-11H2,(H,21,22)/t13-,17+/m0/s1. The van der Waals surface area contributed by atoms with E-state index in [2.05, 4.69) is 0 Å². The highest BCUT2D eigenvalue weighted by atomic mass is 35.5. The fourth-order valence-electron chi connectivity index (χ4n) is 3.42. The van der Waals surface area contributed by atoms with Crippen LogP contribution in [0.2, 0.25) is 5.02 Å². The van der Waals surface area contributed by atoms with E-state index in [9.17, 15) is 14.7 Å². The van der Waals surface area contributed by atoms with E-state index in [1.165, 1.54) is 11.8 Å². The van der Waals surface area contributed by atoms with Gasteiger partial charge in [0.05, 0.1) is 17.8 Å². The second-order valence-corrected chi connectivity index (χ2v) is 7.80. The van der Waals surface area contributed by atoms with Gasteiger partial charge in [0.25, 0.3) is 0 Å². The maximum Gasteiger partial charge on any atom is 0.311 e. The van der Waals surface area contributed by atoms with E-state index in [0.717, 1.165) is 11.3 Å². The summed E-state index contributed by atoms with van der Waals surface area (Å²) in [5.74, 6) is 0.178.